The predicted molar refractivity (Wildman–Crippen MR) is 84.4 cm³/mol. The van der Waals surface area contributed by atoms with Crippen molar-refractivity contribution in [1.29, 1.82) is 0 Å². The van der Waals surface area contributed by atoms with E-state index in [9.17, 15) is 0 Å². The molecular formula is C18H18O2. The van der Waals surface area contributed by atoms with Crippen LogP contribution in [-0.4, -0.2) is 13.9 Å². The van der Waals surface area contributed by atoms with E-state index in [0.717, 1.165) is 22.4 Å². The van der Waals surface area contributed by atoms with Gasteiger partial charge in [0.05, 0.1) is 0 Å². The third-order valence-electron chi connectivity index (χ3n) is 2.86. The Morgan fingerprint density at radius 3 is 1.85 bits per heavy atom. The minimum absolute atomic E-state index is 0.269. The maximum Gasteiger partial charge on any atom is 0.188 e. The van der Waals surface area contributed by atoms with E-state index >= 15 is 0 Å². The average Bonchev–Trinajstić information content (AvgIpc) is 2.52. The van der Waals surface area contributed by atoms with Crippen molar-refractivity contribution in [2.75, 3.05) is 13.9 Å². The zero-order valence-corrected chi connectivity index (χ0v) is 11.6. The largest absolute Gasteiger partial charge is 0.468 e. The molecule has 0 unspecified atom stereocenters. The van der Waals surface area contributed by atoms with Crippen LogP contribution in [0.25, 0.3) is 18.2 Å². The first-order valence-corrected chi connectivity index (χ1v) is 6.44. The van der Waals surface area contributed by atoms with Gasteiger partial charge in [0.25, 0.3) is 0 Å². The fraction of sp³-hybridized carbons (Fsp3) is 0.111. The summed E-state index contributed by atoms with van der Waals surface area (Å²) in [5, 5.41) is 0. The predicted octanol–water partition coefficient (Wildman–Crippen LogP) is 4.48. The Morgan fingerprint density at radius 1 is 0.850 bits per heavy atom. The first-order chi connectivity index (χ1) is 9.81. The number of methoxy groups -OCH3 is 1. The van der Waals surface area contributed by atoms with Crippen molar-refractivity contribution < 1.29 is 9.47 Å². The number of rotatable bonds is 6. The van der Waals surface area contributed by atoms with Gasteiger partial charge in [-0.25, -0.2) is 0 Å². The maximum atomic E-state index is 5.34. The minimum Gasteiger partial charge on any atom is -0.468 e. The molecule has 0 radical (unpaired) electrons. The lowest BCUT2D eigenvalue weighted by atomic mass is 10.1. The highest BCUT2D eigenvalue weighted by Gasteiger charge is 1.93. The van der Waals surface area contributed by atoms with Crippen molar-refractivity contribution in [3.05, 3.63) is 71.8 Å². The van der Waals surface area contributed by atoms with E-state index in [2.05, 4.69) is 30.9 Å². The SMILES string of the molecule is C=Cc1ccc(/C=C/c2ccc(OCOC)cc2)cc1. The Morgan fingerprint density at radius 2 is 1.35 bits per heavy atom. The van der Waals surface area contributed by atoms with Crippen molar-refractivity contribution in [2.24, 2.45) is 0 Å². The minimum atomic E-state index is 0.269. The van der Waals surface area contributed by atoms with Gasteiger partial charge in [-0.3, -0.25) is 0 Å². The molecule has 0 aliphatic heterocycles. The van der Waals surface area contributed by atoms with Gasteiger partial charge in [-0.05, 0) is 28.8 Å². The second-order valence-corrected chi connectivity index (χ2v) is 4.32. The van der Waals surface area contributed by atoms with Crippen LogP contribution in [-0.2, 0) is 4.74 Å². The lowest BCUT2D eigenvalue weighted by Crippen LogP contribution is -1.98. The Balaban J connectivity index is 2.01. The molecule has 0 atom stereocenters. The third kappa shape index (κ3) is 4.11. The molecule has 2 aromatic carbocycles. The molecule has 0 bridgehead atoms. The van der Waals surface area contributed by atoms with Crippen molar-refractivity contribution in [2.45, 2.75) is 0 Å². The fourth-order valence-electron chi connectivity index (χ4n) is 1.74. The van der Waals surface area contributed by atoms with Crippen molar-refractivity contribution >= 4 is 18.2 Å². The molecule has 0 aromatic heterocycles. The van der Waals surface area contributed by atoms with Gasteiger partial charge in [-0.15, -0.1) is 0 Å². The summed E-state index contributed by atoms with van der Waals surface area (Å²) in [5.41, 5.74) is 3.42. The van der Waals surface area contributed by atoms with Crippen LogP contribution < -0.4 is 4.74 Å². The van der Waals surface area contributed by atoms with Gasteiger partial charge in [-0.1, -0.05) is 61.2 Å². The zero-order chi connectivity index (χ0) is 14.2. The molecule has 0 N–H and O–H groups in total. The molecule has 0 saturated heterocycles. The molecule has 0 aliphatic rings. The normalized spacial score (nSPS) is 10.7. The Bertz CT molecular complexity index is 565. The first kappa shape index (κ1) is 14.1. The van der Waals surface area contributed by atoms with Crippen LogP contribution in [0, 0.1) is 0 Å². The van der Waals surface area contributed by atoms with Crippen LogP contribution >= 0.6 is 0 Å². The van der Waals surface area contributed by atoms with Crippen LogP contribution in [0.2, 0.25) is 0 Å². The lowest BCUT2D eigenvalue weighted by Gasteiger charge is -2.04. The molecule has 0 spiro atoms. The van der Waals surface area contributed by atoms with Crippen LogP contribution in [0.1, 0.15) is 16.7 Å². The third-order valence-corrected chi connectivity index (χ3v) is 2.86. The van der Waals surface area contributed by atoms with Gasteiger partial charge >= 0.3 is 0 Å². The van der Waals surface area contributed by atoms with E-state index < -0.39 is 0 Å². The summed E-state index contributed by atoms with van der Waals surface area (Å²) >= 11 is 0. The van der Waals surface area contributed by atoms with Crippen LogP contribution in [0.15, 0.2) is 55.1 Å². The molecule has 20 heavy (non-hydrogen) atoms. The van der Waals surface area contributed by atoms with E-state index in [1.165, 1.54) is 0 Å². The summed E-state index contributed by atoms with van der Waals surface area (Å²) < 4.78 is 10.2. The van der Waals surface area contributed by atoms with Crippen molar-refractivity contribution in [1.82, 2.24) is 0 Å². The first-order valence-electron chi connectivity index (χ1n) is 6.44. The van der Waals surface area contributed by atoms with Gasteiger partial charge in [0.15, 0.2) is 6.79 Å². The highest BCUT2D eigenvalue weighted by molar-refractivity contribution is 5.70. The summed E-state index contributed by atoms with van der Waals surface area (Å²) in [5.74, 6) is 0.805. The topological polar surface area (TPSA) is 18.5 Å². The standard InChI is InChI=1S/C18H18O2/c1-3-15-4-6-16(7-5-15)8-9-17-10-12-18(13-11-17)20-14-19-2/h3-13H,1,14H2,2H3/b9-8+. The smallest absolute Gasteiger partial charge is 0.188 e. The Labute approximate surface area is 120 Å². The molecule has 0 heterocycles. The number of benzene rings is 2. The van der Waals surface area contributed by atoms with Gasteiger partial charge in [0.2, 0.25) is 0 Å². The van der Waals surface area contributed by atoms with E-state index in [0.29, 0.717) is 0 Å². The van der Waals surface area contributed by atoms with Crippen molar-refractivity contribution in [3.63, 3.8) is 0 Å². The van der Waals surface area contributed by atoms with Crippen LogP contribution in [0.3, 0.4) is 0 Å². The monoisotopic (exact) mass is 266 g/mol. The molecule has 0 amide bonds. The quantitative estimate of drug-likeness (QED) is 0.567. The van der Waals surface area contributed by atoms with Crippen molar-refractivity contribution in [3.8, 4) is 5.75 Å². The maximum absolute atomic E-state index is 5.34. The highest BCUT2D eigenvalue weighted by Crippen LogP contribution is 2.15. The lowest BCUT2D eigenvalue weighted by molar-refractivity contribution is 0.0511. The molecule has 2 nitrogen and oxygen atoms in total. The van der Waals surface area contributed by atoms with Gasteiger partial charge in [0.1, 0.15) is 5.75 Å². The summed E-state index contributed by atoms with van der Waals surface area (Å²) in [6, 6.07) is 16.1. The van der Waals surface area contributed by atoms with Crippen LogP contribution in [0.5, 0.6) is 5.75 Å². The summed E-state index contributed by atoms with van der Waals surface area (Å²) in [4.78, 5) is 0. The number of ether oxygens (including phenoxy) is 2. The van der Waals surface area contributed by atoms with Gasteiger partial charge < -0.3 is 9.47 Å². The number of hydrogen-bond donors (Lipinski definition) is 0. The second kappa shape index (κ2) is 7.31. The van der Waals surface area contributed by atoms with Gasteiger partial charge in [0, 0.05) is 7.11 Å². The summed E-state index contributed by atoms with van der Waals surface area (Å²) in [6.07, 6.45) is 5.99. The molecule has 0 aliphatic carbocycles. The van der Waals surface area contributed by atoms with E-state index in [4.69, 9.17) is 9.47 Å². The molecule has 0 fully saturated rings. The molecule has 102 valence electrons. The molecular weight excluding hydrogens is 248 g/mol. The molecule has 2 aromatic rings. The number of hydrogen-bond acceptors (Lipinski definition) is 2. The van der Waals surface area contributed by atoms with E-state index in [1.807, 2.05) is 42.5 Å². The Kier molecular flexibility index (Phi) is 5.15. The van der Waals surface area contributed by atoms with Crippen LogP contribution in [0.4, 0.5) is 0 Å². The second-order valence-electron chi connectivity index (χ2n) is 4.32. The van der Waals surface area contributed by atoms with Gasteiger partial charge in [-0.2, -0.15) is 0 Å². The van der Waals surface area contributed by atoms with E-state index in [1.54, 1.807) is 7.11 Å². The highest BCUT2D eigenvalue weighted by atomic mass is 16.7. The molecule has 2 heteroatoms. The Hall–Kier alpha value is -2.32. The fourth-order valence-corrected chi connectivity index (χ4v) is 1.74. The van der Waals surface area contributed by atoms with E-state index in [-0.39, 0.29) is 6.79 Å². The summed E-state index contributed by atoms with van der Waals surface area (Å²) in [7, 11) is 1.61. The zero-order valence-electron chi connectivity index (χ0n) is 11.6. The average molecular weight is 266 g/mol. The summed E-state index contributed by atoms with van der Waals surface area (Å²) in [6.45, 7) is 4.01. The molecule has 0 saturated carbocycles. The molecule has 2 rings (SSSR count).